The lowest BCUT2D eigenvalue weighted by Gasteiger charge is -2.18. The van der Waals surface area contributed by atoms with Crippen LogP contribution in [0.4, 0.5) is 0 Å². The van der Waals surface area contributed by atoms with Crippen molar-refractivity contribution in [2.75, 3.05) is 6.54 Å². The average molecular weight is 403 g/mol. The number of fused-ring (bicyclic) bond motifs is 1. The largest absolute Gasteiger partial charge is 0.361 e. The molecule has 0 aliphatic rings. The normalized spacial score (nSPS) is 12.3. The number of nitrogens with one attached hydrogen (secondary N) is 2. The van der Waals surface area contributed by atoms with Crippen LogP contribution in [-0.2, 0) is 11.2 Å². The van der Waals surface area contributed by atoms with Gasteiger partial charge in [0.05, 0.1) is 10.0 Å². The van der Waals surface area contributed by atoms with Gasteiger partial charge in [-0.15, -0.1) is 0 Å². The Morgan fingerprint density at radius 3 is 2.67 bits per heavy atom. The predicted molar refractivity (Wildman–Crippen MR) is 114 cm³/mol. The van der Waals surface area contributed by atoms with Crippen LogP contribution in [0.15, 0.2) is 42.6 Å². The molecular weight excluding hydrogens is 379 g/mol. The summed E-state index contributed by atoms with van der Waals surface area (Å²) < 4.78 is 0. The van der Waals surface area contributed by atoms with Gasteiger partial charge >= 0.3 is 0 Å². The molecule has 0 aliphatic carbocycles. The minimum atomic E-state index is -0.0996. The SMILES string of the molecule is CCCNC(=O)C[C@@H](c1ccc(Cl)c(Cl)c1)c1c[nH]c2c(CC)cccc12. The van der Waals surface area contributed by atoms with E-state index in [1.54, 1.807) is 6.07 Å². The fraction of sp³-hybridized carbons (Fsp3) is 0.318. The summed E-state index contributed by atoms with van der Waals surface area (Å²) in [5.74, 6) is -0.0635. The molecule has 0 fully saturated rings. The first-order valence-corrected chi connectivity index (χ1v) is 10.1. The summed E-state index contributed by atoms with van der Waals surface area (Å²) in [5.41, 5.74) is 4.49. The van der Waals surface area contributed by atoms with Crippen LogP contribution in [0, 0.1) is 0 Å². The molecule has 0 saturated heterocycles. The van der Waals surface area contributed by atoms with E-state index >= 15 is 0 Å². The average Bonchev–Trinajstić information content (AvgIpc) is 3.10. The van der Waals surface area contributed by atoms with Gasteiger partial charge in [-0.25, -0.2) is 0 Å². The topological polar surface area (TPSA) is 44.9 Å². The van der Waals surface area contributed by atoms with Gasteiger partial charge in [-0.3, -0.25) is 4.79 Å². The van der Waals surface area contributed by atoms with Crippen LogP contribution in [0.1, 0.15) is 49.3 Å². The van der Waals surface area contributed by atoms with Crippen molar-refractivity contribution in [2.24, 2.45) is 0 Å². The van der Waals surface area contributed by atoms with Crippen LogP contribution in [0.2, 0.25) is 10.0 Å². The quantitative estimate of drug-likeness (QED) is 0.493. The molecule has 0 bridgehead atoms. The second kappa shape index (κ2) is 8.81. The molecule has 3 aromatic rings. The third-order valence-corrected chi connectivity index (χ3v) is 5.64. The van der Waals surface area contributed by atoms with E-state index in [9.17, 15) is 4.79 Å². The van der Waals surface area contributed by atoms with Gasteiger partial charge in [0.25, 0.3) is 0 Å². The maximum atomic E-state index is 12.5. The second-order valence-electron chi connectivity index (χ2n) is 6.72. The molecule has 0 saturated carbocycles. The van der Waals surface area contributed by atoms with Gasteiger partial charge in [-0.2, -0.15) is 0 Å². The van der Waals surface area contributed by atoms with E-state index in [0.29, 0.717) is 23.0 Å². The van der Waals surface area contributed by atoms with E-state index in [1.807, 2.05) is 25.3 Å². The van der Waals surface area contributed by atoms with Crippen LogP contribution in [0.3, 0.4) is 0 Å². The van der Waals surface area contributed by atoms with Gasteiger partial charge in [-0.1, -0.05) is 61.3 Å². The number of aromatic amines is 1. The summed E-state index contributed by atoms with van der Waals surface area (Å²) in [6.45, 7) is 4.87. The number of hydrogen-bond acceptors (Lipinski definition) is 1. The second-order valence-corrected chi connectivity index (χ2v) is 7.53. The summed E-state index contributed by atoms with van der Waals surface area (Å²) >= 11 is 12.4. The first kappa shape index (κ1) is 19.8. The number of carbonyl (C=O) groups excluding carboxylic acids is 1. The van der Waals surface area contributed by atoms with Crippen molar-refractivity contribution in [3.63, 3.8) is 0 Å². The molecule has 27 heavy (non-hydrogen) atoms. The molecule has 2 N–H and O–H groups in total. The molecule has 142 valence electrons. The van der Waals surface area contributed by atoms with Crippen molar-refractivity contribution in [2.45, 2.75) is 39.0 Å². The van der Waals surface area contributed by atoms with Gasteiger partial charge in [0.1, 0.15) is 0 Å². The Balaban J connectivity index is 2.06. The summed E-state index contributed by atoms with van der Waals surface area (Å²) in [7, 11) is 0. The minimum Gasteiger partial charge on any atom is -0.361 e. The zero-order chi connectivity index (χ0) is 19.4. The number of hydrogen-bond donors (Lipinski definition) is 2. The van der Waals surface area contributed by atoms with Crippen molar-refractivity contribution in [3.8, 4) is 0 Å². The minimum absolute atomic E-state index is 0.0360. The maximum Gasteiger partial charge on any atom is 0.220 e. The molecular formula is C22H24Cl2N2O. The molecule has 1 aromatic heterocycles. The molecule has 1 amide bonds. The molecule has 3 nitrogen and oxygen atoms in total. The van der Waals surface area contributed by atoms with E-state index < -0.39 is 0 Å². The zero-order valence-electron chi connectivity index (χ0n) is 15.6. The van der Waals surface area contributed by atoms with E-state index in [4.69, 9.17) is 23.2 Å². The number of benzene rings is 2. The number of para-hydroxylation sites is 1. The summed E-state index contributed by atoms with van der Waals surface area (Å²) in [6.07, 6.45) is 4.24. The van der Waals surface area contributed by atoms with Crippen LogP contribution in [0.5, 0.6) is 0 Å². The highest BCUT2D eigenvalue weighted by Gasteiger charge is 2.22. The van der Waals surface area contributed by atoms with Gasteiger partial charge < -0.3 is 10.3 Å². The van der Waals surface area contributed by atoms with Crippen LogP contribution in [0.25, 0.3) is 10.9 Å². The predicted octanol–water partition coefficient (Wildman–Crippen LogP) is 6.09. The Labute approximate surface area is 170 Å². The van der Waals surface area contributed by atoms with Crippen molar-refractivity contribution < 1.29 is 4.79 Å². The standard InChI is InChI=1S/C22H24Cl2N2O/c1-3-10-25-21(27)12-17(15-8-9-19(23)20(24)11-15)18-13-26-22-14(4-2)6-5-7-16(18)22/h5-9,11,13,17,26H,3-4,10,12H2,1-2H3,(H,25,27)/t17-/m0/s1. The fourth-order valence-corrected chi connectivity index (χ4v) is 3.79. The lowest BCUT2D eigenvalue weighted by atomic mass is 9.87. The molecule has 0 unspecified atom stereocenters. The van der Waals surface area contributed by atoms with Crippen molar-refractivity contribution in [1.29, 1.82) is 0 Å². The number of aryl methyl sites for hydroxylation is 1. The van der Waals surface area contributed by atoms with E-state index in [0.717, 1.165) is 34.9 Å². The molecule has 0 aliphatic heterocycles. The Morgan fingerprint density at radius 2 is 1.96 bits per heavy atom. The van der Waals surface area contributed by atoms with Crippen LogP contribution < -0.4 is 5.32 Å². The number of aromatic nitrogens is 1. The summed E-state index contributed by atoms with van der Waals surface area (Å²) in [6, 6.07) is 11.9. The van der Waals surface area contributed by atoms with E-state index in [-0.39, 0.29) is 11.8 Å². The highest BCUT2D eigenvalue weighted by molar-refractivity contribution is 6.42. The highest BCUT2D eigenvalue weighted by atomic mass is 35.5. The first-order valence-electron chi connectivity index (χ1n) is 9.35. The van der Waals surface area contributed by atoms with Gasteiger partial charge in [0.15, 0.2) is 0 Å². The van der Waals surface area contributed by atoms with Gasteiger partial charge in [-0.05, 0) is 41.7 Å². The van der Waals surface area contributed by atoms with E-state index in [2.05, 4.69) is 35.4 Å². The molecule has 3 rings (SSSR count). The number of halogens is 2. The van der Waals surface area contributed by atoms with Crippen LogP contribution in [-0.4, -0.2) is 17.4 Å². The van der Waals surface area contributed by atoms with Crippen molar-refractivity contribution >= 4 is 40.0 Å². The van der Waals surface area contributed by atoms with Crippen molar-refractivity contribution in [1.82, 2.24) is 10.3 Å². The van der Waals surface area contributed by atoms with Crippen molar-refractivity contribution in [3.05, 3.63) is 69.3 Å². The molecule has 5 heteroatoms. The molecule has 2 aromatic carbocycles. The Morgan fingerprint density at radius 1 is 1.15 bits per heavy atom. The van der Waals surface area contributed by atoms with E-state index in [1.165, 1.54) is 5.56 Å². The third-order valence-electron chi connectivity index (χ3n) is 4.90. The monoisotopic (exact) mass is 402 g/mol. The highest BCUT2D eigenvalue weighted by Crippen LogP contribution is 2.36. The maximum absolute atomic E-state index is 12.5. The Kier molecular flexibility index (Phi) is 6.46. The number of H-pyrrole nitrogens is 1. The lowest BCUT2D eigenvalue weighted by molar-refractivity contribution is -0.121. The molecule has 0 spiro atoms. The summed E-state index contributed by atoms with van der Waals surface area (Å²) in [4.78, 5) is 15.9. The summed E-state index contributed by atoms with van der Waals surface area (Å²) in [5, 5.41) is 5.15. The van der Waals surface area contributed by atoms with Gasteiger partial charge in [0.2, 0.25) is 5.91 Å². The number of amides is 1. The molecule has 1 atom stereocenters. The van der Waals surface area contributed by atoms with Gasteiger partial charge in [0, 0.05) is 36.0 Å². The fourth-order valence-electron chi connectivity index (χ4n) is 3.48. The van der Waals surface area contributed by atoms with Crippen LogP contribution >= 0.6 is 23.2 Å². The lowest BCUT2D eigenvalue weighted by Crippen LogP contribution is -2.26. The third kappa shape index (κ3) is 4.31. The first-order chi connectivity index (χ1) is 13.0. The molecule has 0 radical (unpaired) electrons. The molecule has 1 heterocycles. The zero-order valence-corrected chi connectivity index (χ0v) is 17.1. The Bertz CT molecular complexity index is 949. The Hall–Kier alpha value is -1.97. The number of carbonyl (C=O) groups is 1. The number of rotatable bonds is 7. The smallest absolute Gasteiger partial charge is 0.220 e.